The highest BCUT2D eigenvalue weighted by Gasteiger charge is 2.46. The smallest absolute Gasteiger partial charge is 0.253 e. The number of aromatic nitrogens is 2. The van der Waals surface area contributed by atoms with Gasteiger partial charge in [-0.05, 0) is 85.0 Å². The van der Waals surface area contributed by atoms with Crippen molar-refractivity contribution >= 4 is 11.6 Å². The number of aryl methyl sites for hydroxylation is 3. The second kappa shape index (κ2) is 12.9. The standard InChI is InChI=1S/C36H45N7O2/c1-23(38-22-24(2)43-17-9-10-31(43)21-37)20-36(35-40-39-26(4)45-35)32-15-13-27(25(3)41(5)6)18-28(32)11-12-29-19-30(14-16-33(29)36)34(44)42(7)8/h13-16,18-19,23,31,38H,2-3,9-12,17,20,22H2,1,4-8H3/t23-,31?,36?/m1/s1. The molecule has 1 N–H and O–H groups in total. The van der Waals surface area contributed by atoms with E-state index < -0.39 is 5.41 Å². The third-order valence-electron chi connectivity index (χ3n) is 9.29. The van der Waals surface area contributed by atoms with Crippen LogP contribution in [0.4, 0.5) is 0 Å². The summed E-state index contributed by atoms with van der Waals surface area (Å²) in [4.78, 5) is 18.8. The Bertz CT molecular complexity index is 1580. The van der Waals surface area contributed by atoms with Gasteiger partial charge >= 0.3 is 0 Å². The number of carbonyl (C=O) groups is 1. The number of hydrogen-bond acceptors (Lipinski definition) is 8. The lowest BCUT2D eigenvalue weighted by Gasteiger charge is -2.36. The van der Waals surface area contributed by atoms with Crippen LogP contribution in [0.15, 0.2) is 59.7 Å². The summed E-state index contributed by atoms with van der Waals surface area (Å²) in [5.41, 5.74) is 7.25. The molecule has 5 rings (SSSR count). The summed E-state index contributed by atoms with van der Waals surface area (Å²) in [6, 6.07) is 14.9. The minimum atomic E-state index is -0.781. The van der Waals surface area contributed by atoms with E-state index >= 15 is 0 Å². The number of nitrogens with zero attached hydrogens (tertiary/aromatic N) is 6. The number of amides is 1. The summed E-state index contributed by atoms with van der Waals surface area (Å²) in [7, 11) is 7.55. The van der Waals surface area contributed by atoms with Crippen LogP contribution in [-0.2, 0) is 18.3 Å². The molecule has 236 valence electrons. The van der Waals surface area contributed by atoms with Gasteiger partial charge in [0.1, 0.15) is 11.5 Å². The minimum absolute atomic E-state index is 0.00426. The maximum Gasteiger partial charge on any atom is 0.253 e. The lowest BCUT2D eigenvalue weighted by Crippen LogP contribution is -2.41. The molecule has 1 aromatic heterocycles. The molecule has 9 nitrogen and oxygen atoms in total. The summed E-state index contributed by atoms with van der Waals surface area (Å²) in [5.74, 6) is 1.00. The summed E-state index contributed by atoms with van der Waals surface area (Å²) >= 11 is 0. The predicted molar refractivity (Wildman–Crippen MR) is 177 cm³/mol. The summed E-state index contributed by atoms with van der Waals surface area (Å²) in [6.45, 7) is 14.0. The van der Waals surface area contributed by atoms with Crippen LogP contribution in [0.25, 0.3) is 5.70 Å². The van der Waals surface area contributed by atoms with Crippen LogP contribution in [0, 0.1) is 18.3 Å². The molecule has 2 heterocycles. The number of rotatable bonds is 10. The van der Waals surface area contributed by atoms with Crippen LogP contribution < -0.4 is 5.32 Å². The molecule has 2 aliphatic rings. The Balaban J connectivity index is 1.63. The number of benzene rings is 2. The van der Waals surface area contributed by atoms with Crippen LogP contribution in [0.5, 0.6) is 0 Å². The van der Waals surface area contributed by atoms with Crippen molar-refractivity contribution in [3.63, 3.8) is 0 Å². The van der Waals surface area contributed by atoms with Gasteiger partial charge in [-0.1, -0.05) is 31.4 Å². The molecule has 3 atom stereocenters. The van der Waals surface area contributed by atoms with Gasteiger partial charge in [0.15, 0.2) is 0 Å². The number of nitriles is 1. The zero-order valence-corrected chi connectivity index (χ0v) is 27.5. The Kier molecular flexibility index (Phi) is 9.17. The van der Waals surface area contributed by atoms with E-state index in [1.54, 1.807) is 19.0 Å². The highest BCUT2D eigenvalue weighted by Crippen LogP contribution is 2.48. The van der Waals surface area contributed by atoms with Crippen LogP contribution in [-0.4, -0.2) is 84.2 Å². The lowest BCUT2D eigenvalue weighted by atomic mass is 9.68. The van der Waals surface area contributed by atoms with Gasteiger partial charge in [-0.25, -0.2) is 0 Å². The molecule has 9 heteroatoms. The van der Waals surface area contributed by atoms with Gasteiger partial charge in [0.25, 0.3) is 5.91 Å². The van der Waals surface area contributed by atoms with Crippen molar-refractivity contribution in [3.05, 3.63) is 100 Å². The van der Waals surface area contributed by atoms with Crippen molar-refractivity contribution in [2.24, 2.45) is 0 Å². The highest BCUT2D eigenvalue weighted by molar-refractivity contribution is 5.94. The van der Waals surface area contributed by atoms with E-state index in [9.17, 15) is 10.1 Å². The Morgan fingerprint density at radius 2 is 1.73 bits per heavy atom. The molecule has 45 heavy (non-hydrogen) atoms. The Hall–Kier alpha value is -4.42. The van der Waals surface area contributed by atoms with E-state index in [1.807, 2.05) is 38.1 Å². The first-order valence-corrected chi connectivity index (χ1v) is 15.7. The van der Waals surface area contributed by atoms with Gasteiger partial charge in [0.2, 0.25) is 11.8 Å². The number of nitrogens with one attached hydrogen (secondary N) is 1. The van der Waals surface area contributed by atoms with Gasteiger partial charge in [-0.3, -0.25) is 4.79 Å². The van der Waals surface area contributed by atoms with E-state index in [4.69, 9.17) is 4.42 Å². The molecule has 0 spiro atoms. The molecule has 0 saturated carbocycles. The Labute approximate surface area is 267 Å². The van der Waals surface area contributed by atoms with Crippen LogP contribution in [0.2, 0.25) is 0 Å². The second-order valence-electron chi connectivity index (χ2n) is 12.8. The normalized spacial score (nSPS) is 19.6. The molecule has 1 saturated heterocycles. The number of carbonyl (C=O) groups excluding carboxylic acids is 1. The van der Waals surface area contributed by atoms with Crippen molar-refractivity contribution in [1.82, 2.24) is 30.2 Å². The second-order valence-corrected chi connectivity index (χ2v) is 12.8. The zero-order valence-electron chi connectivity index (χ0n) is 27.5. The molecule has 1 aliphatic carbocycles. The third kappa shape index (κ3) is 6.12. The van der Waals surface area contributed by atoms with Crippen molar-refractivity contribution in [2.45, 2.75) is 63.5 Å². The minimum Gasteiger partial charge on any atom is -0.424 e. The first-order chi connectivity index (χ1) is 21.5. The molecule has 3 aromatic rings. The third-order valence-corrected chi connectivity index (χ3v) is 9.29. The molecule has 2 unspecified atom stereocenters. The molecule has 1 aliphatic heterocycles. The number of fused-ring (bicyclic) bond motifs is 2. The Morgan fingerprint density at radius 1 is 1.09 bits per heavy atom. The van der Waals surface area contributed by atoms with E-state index in [0.717, 1.165) is 65.9 Å². The average molecular weight is 608 g/mol. The van der Waals surface area contributed by atoms with E-state index in [-0.39, 0.29) is 18.0 Å². The maximum atomic E-state index is 13.1. The quantitative estimate of drug-likeness (QED) is 0.347. The van der Waals surface area contributed by atoms with Crippen LogP contribution in [0.3, 0.4) is 0 Å². The van der Waals surface area contributed by atoms with Crippen LogP contribution in [0.1, 0.15) is 76.1 Å². The Morgan fingerprint density at radius 3 is 2.31 bits per heavy atom. The van der Waals surface area contributed by atoms with Crippen molar-refractivity contribution in [1.29, 1.82) is 5.26 Å². The van der Waals surface area contributed by atoms with Crippen molar-refractivity contribution in [2.75, 3.05) is 41.3 Å². The van der Waals surface area contributed by atoms with Gasteiger partial charge in [-0.15, -0.1) is 10.2 Å². The number of likely N-dealkylation sites (tertiary alicyclic amines) is 1. The van der Waals surface area contributed by atoms with Crippen molar-refractivity contribution < 1.29 is 9.21 Å². The lowest BCUT2D eigenvalue weighted by molar-refractivity contribution is 0.0827. The molecule has 0 bridgehead atoms. The molecular formula is C36H45N7O2. The van der Waals surface area contributed by atoms with E-state index in [0.29, 0.717) is 30.3 Å². The monoisotopic (exact) mass is 607 g/mol. The predicted octanol–water partition coefficient (Wildman–Crippen LogP) is 4.92. The molecule has 1 fully saturated rings. The molecule has 1 amide bonds. The largest absolute Gasteiger partial charge is 0.424 e. The fourth-order valence-electron chi connectivity index (χ4n) is 6.89. The summed E-state index contributed by atoms with van der Waals surface area (Å²) in [6.07, 6.45) is 4.04. The average Bonchev–Trinajstić information content (AvgIpc) is 3.67. The van der Waals surface area contributed by atoms with Gasteiger partial charge in [0, 0.05) is 71.2 Å². The van der Waals surface area contributed by atoms with Gasteiger partial charge in [-0.2, -0.15) is 5.26 Å². The first kappa shape index (κ1) is 32.0. The summed E-state index contributed by atoms with van der Waals surface area (Å²) < 4.78 is 6.35. The molecular weight excluding hydrogens is 562 g/mol. The van der Waals surface area contributed by atoms with Gasteiger partial charge in [0.05, 0.1) is 6.07 Å². The first-order valence-electron chi connectivity index (χ1n) is 15.7. The van der Waals surface area contributed by atoms with Crippen LogP contribution >= 0.6 is 0 Å². The van der Waals surface area contributed by atoms with Gasteiger partial charge < -0.3 is 24.4 Å². The molecule has 0 radical (unpaired) electrons. The fraction of sp³-hybridized carbons (Fsp3) is 0.444. The van der Waals surface area contributed by atoms with E-state index in [1.165, 1.54) is 5.56 Å². The summed E-state index contributed by atoms with van der Waals surface area (Å²) in [5, 5.41) is 22.3. The number of hydrogen-bond donors (Lipinski definition) is 1. The highest BCUT2D eigenvalue weighted by atomic mass is 16.4. The molecule has 2 aromatic carbocycles. The van der Waals surface area contributed by atoms with Crippen molar-refractivity contribution in [3.8, 4) is 6.07 Å². The zero-order chi connectivity index (χ0) is 32.5. The topological polar surface area (TPSA) is 102 Å². The fourth-order valence-corrected chi connectivity index (χ4v) is 6.89. The van der Waals surface area contributed by atoms with E-state index in [2.05, 4.69) is 70.8 Å². The SMILES string of the molecule is C=C(c1ccc2c(c1)CCc1cc(C(=O)N(C)C)ccc1C2(C[C@@H](C)NCC(=C)N1CCCC1C#N)c1nnc(C)o1)N(C)C. The maximum absolute atomic E-state index is 13.1.